The van der Waals surface area contributed by atoms with Gasteiger partial charge < -0.3 is 9.84 Å². The summed E-state index contributed by atoms with van der Waals surface area (Å²) >= 11 is 0. The Bertz CT molecular complexity index is 444. The molecule has 0 aromatic heterocycles. The van der Waals surface area contributed by atoms with Crippen molar-refractivity contribution in [3.63, 3.8) is 0 Å². The molecule has 0 saturated carbocycles. The number of rotatable bonds is 4. The maximum Gasteiger partial charge on any atom is 0.380 e. The number of benzene rings is 1. The Morgan fingerprint density at radius 2 is 2.06 bits per heavy atom. The lowest BCUT2D eigenvalue weighted by molar-refractivity contribution is -0.189. The summed E-state index contributed by atoms with van der Waals surface area (Å²) in [7, 11) is 0. The van der Waals surface area contributed by atoms with E-state index in [4.69, 9.17) is 0 Å². The molecule has 3 nitrogen and oxygen atoms in total. The van der Waals surface area contributed by atoms with E-state index in [0.717, 1.165) is 5.56 Å². The summed E-state index contributed by atoms with van der Waals surface area (Å²) in [6, 6.07) is 4.66. The topological polar surface area (TPSA) is 46.5 Å². The second-order valence-corrected chi connectivity index (χ2v) is 4.11. The van der Waals surface area contributed by atoms with Crippen molar-refractivity contribution in [2.24, 2.45) is 0 Å². The second kappa shape index (κ2) is 5.44. The highest BCUT2D eigenvalue weighted by Crippen LogP contribution is 2.34. The first-order valence-electron chi connectivity index (χ1n) is 5.61. The third-order valence-corrected chi connectivity index (χ3v) is 2.61. The fourth-order valence-electron chi connectivity index (χ4n) is 1.67. The smallest absolute Gasteiger partial charge is 0.380 e. The van der Waals surface area contributed by atoms with Crippen LogP contribution in [0.15, 0.2) is 18.2 Å². The normalized spacial score (nSPS) is 13.2. The van der Waals surface area contributed by atoms with E-state index in [0.29, 0.717) is 5.56 Å². The van der Waals surface area contributed by atoms with Gasteiger partial charge in [-0.3, -0.25) is 0 Å². The fraction of sp³-hybridized carbons (Fsp3) is 0.462. The highest BCUT2D eigenvalue weighted by atomic mass is 19.3. The molecule has 1 rings (SSSR count). The molecule has 100 valence electrons. The van der Waals surface area contributed by atoms with Crippen LogP contribution in [0.5, 0.6) is 0 Å². The number of aliphatic hydroxyl groups excluding tert-OH is 1. The maximum absolute atomic E-state index is 13.6. The van der Waals surface area contributed by atoms with Crippen LogP contribution in [0.3, 0.4) is 0 Å². The van der Waals surface area contributed by atoms with Gasteiger partial charge in [0.25, 0.3) is 0 Å². The summed E-state index contributed by atoms with van der Waals surface area (Å²) in [5.41, 5.74) is 1.42. The van der Waals surface area contributed by atoms with Gasteiger partial charge in [0.1, 0.15) is 0 Å². The molecule has 0 amide bonds. The predicted molar refractivity (Wildman–Crippen MR) is 62.5 cm³/mol. The molecule has 1 aromatic rings. The maximum atomic E-state index is 13.6. The van der Waals surface area contributed by atoms with Crippen LogP contribution < -0.4 is 0 Å². The average molecular weight is 258 g/mol. The molecule has 1 unspecified atom stereocenters. The molecular formula is C13H16F2O3. The number of carbonyl (C=O) groups excluding carboxylic acids is 1. The van der Waals surface area contributed by atoms with Crippen molar-refractivity contribution >= 4 is 5.97 Å². The first-order valence-corrected chi connectivity index (χ1v) is 5.61. The Hall–Kier alpha value is -1.49. The number of aliphatic hydroxyl groups is 1. The quantitative estimate of drug-likeness (QED) is 0.844. The van der Waals surface area contributed by atoms with Crippen molar-refractivity contribution < 1.29 is 23.4 Å². The minimum Gasteiger partial charge on any atom is -0.461 e. The van der Waals surface area contributed by atoms with Gasteiger partial charge in [-0.1, -0.05) is 23.8 Å². The lowest BCUT2D eigenvalue weighted by Crippen LogP contribution is -2.37. The molecule has 0 radical (unpaired) electrons. The molecule has 1 atom stereocenters. The zero-order valence-corrected chi connectivity index (χ0v) is 10.5. The van der Waals surface area contributed by atoms with E-state index in [1.165, 1.54) is 13.0 Å². The number of aryl methyl sites for hydroxylation is 2. The number of esters is 1. The Balaban J connectivity index is 3.05. The Kier molecular flexibility index (Phi) is 4.40. The number of alkyl halides is 2. The van der Waals surface area contributed by atoms with Crippen LogP contribution in [-0.2, 0) is 9.53 Å². The third kappa shape index (κ3) is 2.85. The standard InChI is InChI=1S/C13H16F2O3/c1-4-18-12(17)13(14,15)11(16)10-6-5-8(2)7-9(10)3/h5-7,11,16H,4H2,1-3H3. The number of halogens is 2. The number of hydrogen-bond acceptors (Lipinski definition) is 3. The van der Waals surface area contributed by atoms with Gasteiger partial charge in [-0.2, -0.15) is 8.78 Å². The predicted octanol–water partition coefficient (Wildman–Crippen LogP) is 2.54. The van der Waals surface area contributed by atoms with Gasteiger partial charge in [-0.15, -0.1) is 0 Å². The Morgan fingerprint density at radius 3 is 2.56 bits per heavy atom. The summed E-state index contributed by atoms with van der Waals surface area (Å²) in [5.74, 6) is -5.66. The molecule has 0 saturated heterocycles. The van der Waals surface area contributed by atoms with Gasteiger partial charge >= 0.3 is 11.9 Å². The number of carbonyl (C=O) groups is 1. The zero-order valence-electron chi connectivity index (χ0n) is 10.5. The SMILES string of the molecule is CCOC(=O)C(F)(F)C(O)c1ccc(C)cc1C. The molecule has 0 aliphatic heterocycles. The highest BCUT2D eigenvalue weighted by Gasteiger charge is 2.49. The minimum absolute atomic E-state index is 0.0265. The van der Waals surface area contributed by atoms with E-state index in [2.05, 4.69) is 4.74 Å². The van der Waals surface area contributed by atoms with Gasteiger partial charge in [0, 0.05) is 0 Å². The van der Waals surface area contributed by atoms with Crippen molar-refractivity contribution in [1.82, 2.24) is 0 Å². The first kappa shape index (κ1) is 14.6. The van der Waals surface area contributed by atoms with Gasteiger partial charge in [0.2, 0.25) is 0 Å². The molecule has 0 bridgehead atoms. The van der Waals surface area contributed by atoms with Crippen LogP contribution >= 0.6 is 0 Å². The van der Waals surface area contributed by atoms with Crippen LogP contribution in [0.1, 0.15) is 29.7 Å². The summed E-state index contributed by atoms with van der Waals surface area (Å²) < 4.78 is 31.5. The van der Waals surface area contributed by atoms with Gasteiger partial charge in [0.05, 0.1) is 6.61 Å². The molecule has 0 fully saturated rings. The van der Waals surface area contributed by atoms with Gasteiger partial charge in [-0.25, -0.2) is 4.79 Å². The lowest BCUT2D eigenvalue weighted by Gasteiger charge is -2.22. The third-order valence-electron chi connectivity index (χ3n) is 2.61. The van der Waals surface area contributed by atoms with Crippen molar-refractivity contribution in [2.75, 3.05) is 6.61 Å². The molecule has 0 aliphatic rings. The van der Waals surface area contributed by atoms with Crippen molar-refractivity contribution in [3.8, 4) is 0 Å². The van der Waals surface area contributed by atoms with E-state index in [-0.39, 0.29) is 12.2 Å². The van der Waals surface area contributed by atoms with Crippen molar-refractivity contribution in [3.05, 3.63) is 34.9 Å². The Morgan fingerprint density at radius 1 is 1.44 bits per heavy atom. The fourth-order valence-corrected chi connectivity index (χ4v) is 1.67. The monoisotopic (exact) mass is 258 g/mol. The second-order valence-electron chi connectivity index (χ2n) is 4.11. The van der Waals surface area contributed by atoms with Crippen LogP contribution in [0.4, 0.5) is 8.78 Å². The summed E-state index contributed by atoms with van der Waals surface area (Å²) in [6.07, 6.45) is -2.20. The van der Waals surface area contributed by atoms with Crippen LogP contribution in [0.25, 0.3) is 0 Å². The van der Waals surface area contributed by atoms with E-state index >= 15 is 0 Å². The highest BCUT2D eigenvalue weighted by molar-refractivity contribution is 5.78. The summed E-state index contributed by atoms with van der Waals surface area (Å²) in [6.45, 7) is 4.69. The first-order chi connectivity index (χ1) is 8.30. The van der Waals surface area contributed by atoms with E-state index in [1.807, 2.05) is 6.92 Å². The van der Waals surface area contributed by atoms with Crippen molar-refractivity contribution in [1.29, 1.82) is 0 Å². The van der Waals surface area contributed by atoms with Gasteiger partial charge in [0.15, 0.2) is 6.10 Å². The van der Waals surface area contributed by atoms with E-state index in [1.54, 1.807) is 19.1 Å². The van der Waals surface area contributed by atoms with Gasteiger partial charge in [-0.05, 0) is 31.9 Å². The zero-order chi connectivity index (χ0) is 13.9. The molecule has 5 heteroatoms. The lowest BCUT2D eigenvalue weighted by atomic mass is 9.97. The molecule has 1 N–H and O–H groups in total. The molecule has 0 aliphatic carbocycles. The summed E-state index contributed by atoms with van der Waals surface area (Å²) in [5, 5.41) is 9.67. The van der Waals surface area contributed by atoms with Crippen LogP contribution in [0.2, 0.25) is 0 Å². The molecule has 1 aromatic carbocycles. The van der Waals surface area contributed by atoms with E-state index < -0.39 is 18.0 Å². The number of hydrogen-bond donors (Lipinski definition) is 1. The average Bonchev–Trinajstić information content (AvgIpc) is 2.28. The molecular weight excluding hydrogens is 242 g/mol. The minimum atomic E-state index is -3.95. The molecule has 0 heterocycles. The Labute approximate surface area is 104 Å². The summed E-state index contributed by atoms with van der Waals surface area (Å²) in [4.78, 5) is 11.1. The molecule has 18 heavy (non-hydrogen) atoms. The van der Waals surface area contributed by atoms with Crippen molar-refractivity contribution in [2.45, 2.75) is 32.8 Å². The van der Waals surface area contributed by atoms with E-state index in [9.17, 15) is 18.7 Å². The largest absolute Gasteiger partial charge is 0.461 e. The number of ether oxygens (including phenoxy) is 1. The van der Waals surface area contributed by atoms with Crippen LogP contribution in [-0.4, -0.2) is 23.6 Å². The van der Waals surface area contributed by atoms with Crippen LogP contribution in [0, 0.1) is 13.8 Å². The molecule has 0 spiro atoms.